The van der Waals surface area contributed by atoms with Crippen LogP contribution in [0, 0.1) is 26.6 Å². The number of hydrogen-bond donors (Lipinski definition) is 2. The van der Waals surface area contributed by atoms with Crippen LogP contribution in [0.5, 0.6) is 0 Å². The molecule has 150 valence electrons. The van der Waals surface area contributed by atoms with E-state index in [-0.39, 0.29) is 17.9 Å². The molecule has 1 aromatic heterocycles. The van der Waals surface area contributed by atoms with Gasteiger partial charge in [-0.15, -0.1) is 5.10 Å². The van der Waals surface area contributed by atoms with Crippen molar-refractivity contribution in [3.05, 3.63) is 69.2 Å². The summed E-state index contributed by atoms with van der Waals surface area (Å²) in [5.74, 6) is -1.46. The number of nitrogens with one attached hydrogen (secondary N) is 2. The molecular formula is C20H19BrFN5O2. The van der Waals surface area contributed by atoms with Gasteiger partial charge in [-0.2, -0.15) is 0 Å². The fourth-order valence-corrected chi connectivity index (χ4v) is 3.11. The summed E-state index contributed by atoms with van der Waals surface area (Å²) >= 11 is 3.16. The average molecular weight is 460 g/mol. The third-order valence-corrected chi connectivity index (χ3v) is 4.82. The maximum atomic E-state index is 13.9. The van der Waals surface area contributed by atoms with Crippen LogP contribution in [0.15, 0.2) is 40.9 Å². The number of amides is 2. The van der Waals surface area contributed by atoms with Gasteiger partial charge in [0.2, 0.25) is 5.91 Å². The summed E-state index contributed by atoms with van der Waals surface area (Å²) in [4.78, 5) is 24.8. The molecule has 0 saturated carbocycles. The second-order valence-corrected chi connectivity index (χ2v) is 7.54. The van der Waals surface area contributed by atoms with E-state index in [0.29, 0.717) is 15.9 Å². The number of halogens is 2. The highest BCUT2D eigenvalue weighted by Crippen LogP contribution is 2.20. The van der Waals surface area contributed by atoms with Gasteiger partial charge < -0.3 is 10.6 Å². The fraction of sp³-hybridized carbons (Fsp3) is 0.200. The number of carbonyl (C=O) groups is 2. The Morgan fingerprint density at radius 1 is 1.07 bits per heavy atom. The van der Waals surface area contributed by atoms with Gasteiger partial charge in [-0.25, -0.2) is 9.07 Å². The number of benzene rings is 2. The number of carbonyl (C=O) groups excluding carboxylic acids is 2. The Hall–Kier alpha value is -3.07. The molecule has 3 aromatic rings. The lowest BCUT2D eigenvalue weighted by Crippen LogP contribution is -2.21. The minimum Gasteiger partial charge on any atom is -0.322 e. The molecular weight excluding hydrogens is 441 g/mol. The summed E-state index contributed by atoms with van der Waals surface area (Å²) in [5, 5.41) is 13.1. The second kappa shape index (κ2) is 8.52. The number of aryl methyl sites for hydroxylation is 2. The van der Waals surface area contributed by atoms with E-state index < -0.39 is 17.6 Å². The predicted octanol–water partition coefficient (Wildman–Crippen LogP) is 4.00. The van der Waals surface area contributed by atoms with Crippen molar-refractivity contribution in [1.82, 2.24) is 15.0 Å². The topological polar surface area (TPSA) is 88.9 Å². The summed E-state index contributed by atoms with van der Waals surface area (Å²) in [5.41, 5.74) is 3.31. The van der Waals surface area contributed by atoms with Gasteiger partial charge in [0, 0.05) is 10.2 Å². The van der Waals surface area contributed by atoms with E-state index in [1.54, 1.807) is 13.0 Å². The van der Waals surface area contributed by atoms with Crippen molar-refractivity contribution in [1.29, 1.82) is 0 Å². The van der Waals surface area contributed by atoms with Crippen LogP contribution in [0.1, 0.15) is 27.3 Å². The van der Waals surface area contributed by atoms with E-state index in [0.717, 1.165) is 11.1 Å². The zero-order valence-electron chi connectivity index (χ0n) is 16.1. The summed E-state index contributed by atoms with van der Waals surface area (Å²) < 4.78 is 15.7. The third kappa shape index (κ3) is 4.86. The molecule has 1 heterocycles. The Kier molecular flexibility index (Phi) is 6.07. The van der Waals surface area contributed by atoms with Crippen LogP contribution in [0.2, 0.25) is 0 Å². The van der Waals surface area contributed by atoms with Gasteiger partial charge in [0.1, 0.15) is 12.4 Å². The van der Waals surface area contributed by atoms with Crippen molar-refractivity contribution in [3.63, 3.8) is 0 Å². The Labute approximate surface area is 175 Å². The van der Waals surface area contributed by atoms with Crippen LogP contribution in [-0.2, 0) is 11.3 Å². The van der Waals surface area contributed by atoms with Crippen molar-refractivity contribution in [2.45, 2.75) is 27.3 Å². The molecule has 2 aromatic carbocycles. The Balaban J connectivity index is 1.69. The van der Waals surface area contributed by atoms with Crippen LogP contribution in [0.25, 0.3) is 0 Å². The SMILES string of the molecule is Cc1ccc(NC(=O)c2nnn(CC(=O)Nc3ccc(Br)cc3F)c2C)c(C)c1. The summed E-state index contributed by atoms with van der Waals surface area (Å²) in [6.45, 7) is 5.31. The van der Waals surface area contributed by atoms with Gasteiger partial charge in [-0.3, -0.25) is 9.59 Å². The van der Waals surface area contributed by atoms with E-state index >= 15 is 0 Å². The van der Waals surface area contributed by atoms with E-state index in [1.165, 1.54) is 16.8 Å². The molecule has 29 heavy (non-hydrogen) atoms. The summed E-state index contributed by atoms with van der Waals surface area (Å²) in [7, 11) is 0. The normalized spacial score (nSPS) is 10.7. The predicted molar refractivity (Wildman–Crippen MR) is 111 cm³/mol. The Morgan fingerprint density at radius 2 is 1.79 bits per heavy atom. The average Bonchev–Trinajstić information content (AvgIpc) is 3.00. The Morgan fingerprint density at radius 3 is 2.48 bits per heavy atom. The molecule has 2 amide bonds. The minimum atomic E-state index is -0.559. The van der Waals surface area contributed by atoms with Gasteiger partial charge in [0.25, 0.3) is 5.91 Å². The zero-order chi connectivity index (χ0) is 21.1. The first kappa shape index (κ1) is 20.7. The smallest absolute Gasteiger partial charge is 0.278 e. The largest absolute Gasteiger partial charge is 0.322 e. The van der Waals surface area contributed by atoms with Crippen molar-refractivity contribution < 1.29 is 14.0 Å². The van der Waals surface area contributed by atoms with Gasteiger partial charge in [-0.05, 0) is 50.6 Å². The number of aromatic nitrogens is 3. The molecule has 2 N–H and O–H groups in total. The molecule has 9 heteroatoms. The maximum absolute atomic E-state index is 13.9. The zero-order valence-corrected chi connectivity index (χ0v) is 17.7. The highest BCUT2D eigenvalue weighted by molar-refractivity contribution is 9.10. The molecule has 0 bridgehead atoms. The quantitative estimate of drug-likeness (QED) is 0.603. The number of hydrogen-bond acceptors (Lipinski definition) is 4. The second-order valence-electron chi connectivity index (χ2n) is 6.63. The van der Waals surface area contributed by atoms with Gasteiger partial charge in [-0.1, -0.05) is 38.8 Å². The van der Waals surface area contributed by atoms with Crippen molar-refractivity contribution in [2.75, 3.05) is 10.6 Å². The molecule has 0 aliphatic rings. The van der Waals surface area contributed by atoms with Crippen LogP contribution in [0.4, 0.5) is 15.8 Å². The molecule has 0 aliphatic carbocycles. The lowest BCUT2D eigenvalue weighted by atomic mass is 10.1. The first-order valence-corrected chi connectivity index (χ1v) is 9.57. The number of anilines is 2. The monoisotopic (exact) mass is 459 g/mol. The summed E-state index contributed by atoms with van der Waals surface area (Å²) in [6, 6.07) is 10.0. The first-order valence-electron chi connectivity index (χ1n) is 8.78. The first-order chi connectivity index (χ1) is 13.7. The molecule has 0 spiro atoms. The highest BCUT2D eigenvalue weighted by Gasteiger charge is 2.19. The van der Waals surface area contributed by atoms with E-state index in [9.17, 15) is 14.0 Å². The van der Waals surface area contributed by atoms with Crippen molar-refractivity contribution >= 4 is 39.1 Å². The molecule has 0 saturated heterocycles. The number of nitrogens with zero attached hydrogens (tertiary/aromatic N) is 3. The molecule has 7 nitrogen and oxygen atoms in total. The molecule has 0 unspecified atom stereocenters. The molecule has 0 radical (unpaired) electrons. The van der Waals surface area contributed by atoms with E-state index in [2.05, 4.69) is 36.9 Å². The third-order valence-electron chi connectivity index (χ3n) is 4.33. The summed E-state index contributed by atoms with van der Waals surface area (Å²) in [6.07, 6.45) is 0. The van der Waals surface area contributed by atoms with Crippen molar-refractivity contribution in [2.24, 2.45) is 0 Å². The maximum Gasteiger partial charge on any atom is 0.278 e. The molecule has 0 fully saturated rings. The van der Waals surface area contributed by atoms with Crippen LogP contribution in [0.3, 0.4) is 0 Å². The van der Waals surface area contributed by atoms with E-state index in [1.807, 2.05) is 32.0 Å². The lowest BCUT2D eigenvalue weighted by molar-refractivity contribution is -0.117. The van der Waals surface area contributed by atoms with Crippen LogP contribution >= 0.6 is 15.9 Å². The highest BCUT2D eigenvalue weighted by atomic mass is 79.9. The fourth-order valence-electron chi connectivity index (χ4n) is 2.77. The standard InChI is InChI=1S/C20H19BrFN5O2/c1-11-4-6-16(12(2)8-11)24-20(29)19-13(3)27(26-25-19)10-18(28)23-17-7-5-14(21)9-15(17)22/h4-9H,10H2,1-3H3,(H,23,28)(H,24,29). The number of rotatable bonds is 5. The van der Waals surface area contributed by atoms with Gasteiger partial charge in [0.05, 0.1) is 11.4 Å². The Bertz CT molecular complexity index is 1100. The van der Waals surface area contributed by atoms with Crippen molar-refractivity contribution in [3.8, 4) is 0 Å². The van der Waals surface area contributed by atoms with Gasteiger partial charge in [0.15, 0.2) is 5.69 Å². The van der Waals surface area contributed by atoms with Crippen LogP contribution in [-0.4, -0.2) is 26.8 Å². The molecule has 3 rings (SSSR count). The van der Waals surface area contributed by atoms with Gasteiger partial charge >= 0.3 is 0 Å². The van der Waals surface area contributed by atoms with E-state index in [4.69, 9.17) is 0 Å². The van der Waals surface area contributed by atoms with Crippen LogP contribution < -0.4 is 10.6 Å². The minimum absolute atomic E-state index is 0.0591. The lowest BCUT2D eigenvalue weighted by Gasteiger charge is -2.09. The molecule has 0 aliphatic heterocycles. The molecule has 0 atom stereocenters.